The maximum Gasteiger partial charge on any atom is 0.143 e. The normalized spacial score (nSPS) is 13.5. The van der Waals surface area contributed by atoms with Crippen molar-refractivity contribution in [2.24, 2.45) is 0 Å². The van der Waals surface area contributed by atoms with E-state index in [2.05, 4.69) is 170 Å². The maximum atomic E-state index is 6.93. The van der Waals surface area contributed by atoms with Crippen LogP contribution >= 0.6 is 0 Å². The Morgan fingerprint density at radius 2 is 1.06 bits per heavy atom. The summed E-state index contributed by atoms with van der Waals surface area (Å²) in [4.78, 5) is 0. The lowest BCUT2D eigenvalue weighted by atomic mass is 9.82. The van der Waals surface area contributed by atoms with Gasteiger partial charge in [-0.05, 0) is 81.9 Å². The molecule has 3 heteroatoms. The van der Waals surface area contributed by atoms with Crippen molar-refractivity contribution >= 4 is 65.7 Å². The number of hydrogen-bond donors (Lipinski definition) is 0. The van der Waals surface area contributed by atoms with E-state index in [9.17, 15) is 0 Å². The molecule has 0 saturated carbocycles. The van der Waals surface area contributed by atoms with Crippen LogP contribution in [0.4, 0.5) is 0 Å². The lowest BCUT2D eigenvalue weighted by Crippen LogP contribution is -2.14. The molecule has 0 saturated heterocycles. The van der Waals surface area contributed by atoms with Gasteiger partial charge in [-0.15, -0.1) is 0 Å². The van der Waals surface area contributed by atoms with Crippen molar-refractivity contribution in [3.05, 3.63) is 175 Å². The van der Waals surface area contributed by atoms with Crippen LogP contribution in [0.5, 0.6) is 0 Å². The molecule has 3 nitrogen and oxygen atoms in total. The van der Waals surface area contributed by atoms with Crippen LogP contribution in [-0.4, -0.2) is 4.57 Å². The number of hydrogen-bond acceptors (Lipinski definition) is 2. The Labute approximate surface area is 311 Å². The van der Waals surface area contributed by atoms with E-state index >= 15 is 0 Å². The maximum absolute atomic E-state index is 6.93. The molecule has 254 valence electrons. The van der Waals surface area contributed by atoms with E-state index in [4.69, 9.17) is 8.83 Å². The molecule has 0 unspecified atom stereocenters. The predicted octanol–water partition coefficient (Wildman–Crippen LogP) is 14.2. The topological polar surface area (TPSA) is 31.2 Å². The monoisotopic (exact) mass is 691 g/mol. The van der Waals surface area contributed by atoms with Crippen molar-refractivity contribution in [3.8, 4) is 39.1 Å². The molecule has 0 N–H and O–H groups in total. The largest absolute Gasteiger partial charge is 0.456 e. The van der Waals surface area contributed by atoms with E-state index < -0.39 is 0 Å². The second-order valence-electron chi connectivity index (χ2n) is 15.3. The number of furan rings is 2. The number of para-hydroxylation sites is 3. The highest BCUT2D eigenvalue weighted by Gasteiger charge is 2.37. The van der Waals surface area contributed by atoms with Crippen molar-refractivity contribution in [1.82, 2.24) is 4.57 Å². The van der Waals surface area contributed by atoms with E-state index in [-0.39, 0.29) is 5.41 Å². The molecule has 0 radical (unpaired) electrons. The highest BCUT2D eigenvalue weighted by molar-refractivity contribution is 6.15. The van der Waals surface area contributed by atoms with Gasteiger partial charge in [-0.3, -0.25) is 0 Å². The molecule has 0 spiro atoms. The van der Waals surface area contributed by atoms with Gasteiger partial charge in [0.2, 0.25) is 0 Å². The molecule has 0 aliphatic heterocycles. The Morgan fingerprint density at radius 1 is 0.407 bits per heavy atom. The summed E-state index contributed by atoms with van der Waals surface area (Å²) < 4.78 is 15.4. The van der Waals surface area contributed by atoms with Crippen molar-refractivity contribution in [2.75, 3.05) is 0 Å². The predicted molar refractivity (Wildman–Crippen MR) is 224 cm³/mol. The SMILES string of the molecule is CC1(C)c2ccccc2-c2c1ccc1c2oc2c(-c3ccc(-n4c5ccccc5c5cc(-c6ccc7oc8ccccc8c7c6)ccc54)cc3)cccc21. The number of nitrogens with zero attached hydrogens (tertiary/aromatic N) is 1. The van der Waals surface area contributed by atoms with Gasteiger partial charge in [0.15, 0.2) is 0 Å². The molecule has 3 aromatic heterocycles. The van der Waals surface area contributed by atoms with Crippen LogP contribution in [0.2, 0.25) is 0 Å². The average molecular weight is 692 g/mol. The smallest absolute Gasteiger partial charge is 0.143 e. The molecule has 1 aliphatic rings. The number of benzene rings is 8. The van der Waals surface area contributed by atoms with Gasteiger partial charge in [0.05, 0.1) is 11.0 Å². The van der Waals surface area contributed by atoms with Gasteiger partial charge >= 0.3 is 0 Å². The minimum Gasteiger partial charge on any atom is -0.456 e. The number of rotatable bonds is 3. The molecule has 11 aromatic rings. The van der Waals surface area contributed by atoms with Gasteiger partial charge in [-0.2, -0.15) is 0 Å². The minimum atomic E-state index is -0.0734. The lowest BCUT2D eigenvalue weighted by molar-refractivity contribution is 0.653. The summed E-state index contributed by atoms with van der Waals surface area (Å²) in [6.07, 6.45) is 0. The molecular formula is C51H33NO2. The third-order valence-corrected chi connectivity index (χ3v) is 12.0. The third-order valence-electron chi connectivity index (χ3n) is 12.0. The highest BCUT2D eigenvalue weighted by atomic mass is 16.3. The summed E-state index contributed by atoms with van der Waals surface area (Å²) in [7, 11) is 0. The molecule has 54 heavy (non-hydrogen) atoms. The number of aromatic nitrogens is 1. The zero-order valence-electron chi connectivity index (χ0n) is 29.9. The van der Waals surface area contributed by atoms with E-state index in [1.165, 1.54) is 55.2 Å². The van der Waals surface area contributed by atoms with Crippen molar-refractivity contribution in [1.29, 1.82) is 0 Å². The Morgan fingerprint density at radius 3 is 1.94 bits per heavy atom. The number of fused-ring (bicyclic) bond motifs is 13. The summed E-state index contributed by atoms with van der Waals surface area (Å²) in [6.45, 7) is 4.64. The first-order valence-electron chi connectivity index (χ1n) is 18.7. The van der Waals surface area contributed by atoms with E-state index in [1.807, 2.05) is 12.1 Å². The second-order valence-corrected chi connectivity index (χ2v) is 15.3. The quantitative estimate of drug-likeness (QED) is 0.185. The fraction of sp³-hybridized carbons (Fsp3) is 0.0588. The van der Waals surface area contributed by atoms with Gasteiger partial charge in [-0.1, -0.05) is 129 Å². The van der Waals surface area contributed by atoms with Crippen LogP contribution in [0.15, 0.2) is 173 Å². The molecule has 0 atom stereocenters. The standard InChI is InChI=1S/C51H33NO2/c1-51(2)42-15-6-3-12-39(42)48-43(51)25-24-38-37-14-9-13-34(49(37)54-50(38)48)30-18-22-33(23-19-30)52-44-16-7-4-10-35(44)40-28-31(20-26-45(40)52)32-21-27-47-41(29-32)36-11-5-8-17-46(36)53-47/h3-29H,1-2H3. The summed E-state index contributed by atoms with van der Waals surface area (Å²) in [5.41, 5.74) is 16.9. The summed E-state index contributed by atoms with van der Waals surface area (Å²) in [6, 6.07) is 59.2. The van der Waals surface area contributed by atoms with Crippen molar-refractivity contribution < 1.29 is 8.83 Å². The van der Waals surface area contributed by atoms with Crippen molar-refractivity contribution in [3.63, 3.8) is 0 Å². The van der Waals surface area contributed by atoms with Crippen molar-refractivity contribution in [2.45, 2.75) is 19.3 Å². The summed E-state index contributed by atoms with van der Waals surface area (Å²) in [5.74, 6) is 0. The Kier molecular flexibility index (Phi) is 5.84. The Balaban J connectivity index is 0.974. The minimum absolute atomic E-state index is 0.0734. The highest BCUT2D eigenvalue weighted by Crippen LogP contribution is 2.53. The van der Waals surface area contributed by atoms with E-state index in [0.29, 0.717) is 0 Å². The third kappa shape index (κ3) is 3.96. The molecular weight excluding hydrogens is 659 g/mol. The fourth-order valence-corrected chi connectivity index (χ4v) is 9.40. The molecule has 3 heterocycles. The van der Waals surface area contributed by atoms with Crippen LogP contribution < -0.4 is 0 Å². The van der Waals surface area contributed by atoms with Crippen LogP contribution in [0.25, 0.3) is 105 Å². The Hall–Kier alpha value is -6.84. The van der Waals surface area contributed by atoms with Gasteiger partial charge in [0.1, 0.15) is 22.3 Å². The fourth-order valence-electron chi connectivity index (χ4n) is 9.40. The molecule has 8 aromatic carbocycles. The molecule has 12 rings (SSSR count). The zero-order chi connectivity index (χ0) is 35.7. The molecule has 0 amide bonds. The van der Waals surface area contributed by atoms with E-state index in [0.717, 1.165) is 60.7 Å². The Bertz CT molecular complexity index is 3350. The first-order chi connectivity index (χ1) is 26.5. The summed E-state index contributed by atoms with van der Waals surface area (Å²) in [5, 5.41) is 7.06. The van der Waals surface area contributed by atoms with Gasteiger partial charge in [0.25, 0.3) is 0 Å². The lowest BCUT2D eigenvalue weighted by Gasteiger charge is -2.21. The van der Waals surface area contributed by atoms with Crippen LogP contribution in [0.3, 0.4) is 0 Å². The van der Waals surface area contributed by atoms with E-state index in [1.54, 1.807) is 0 Å². The van der Waals surface area contributed by atoms with Gasteiger partial charge < -0.3 is 13.4 Å². The summed E-state index contributed by atoms with van der Waals surface area (Å²) >= 11 is 0. The van der Waals surface area contributed by atoms with Gasteiger partial charge in [-0.25, -0.2) is 0 Å². The zero-order valence-corrected chi connectivity index (χ0v) is 29.9. The molecule has 0 fully saturated rings. The second kappa shape index (κ2) is 10.6. The van der Waals surface area contributed by atoms with Gasteiger partial charge in [0, 0.05) is 54.5 Å². The first kappa shape index (κ1) is 29.7. The van der Waals surface area contributed by atoms with Crippen LogP contribution in [0, 0.1) is 0 Å². The first-order valence-corrected chi connectivity index (χ1v) is 18.7. The molecule has 0 bridgehead atoms. The van der Waals surface area contributed by atoms with Crippen LogP contribution in [0.1, 0.15) is 25.0 Å². The molecule has 1 aliphatic carbocycles. The van der Waals surface area contributed by atoms with Crippen LogP contribution in [-0.2, 0) is 5.41 Å². The average Bonchev–Trinajstić information content (AvgIpc) is 3.94.